The number of aliphatic imine (C=N–C) groups is 1. The molecular formula is C31H39N7O4. The number of fused-ring (bicyclic) bond motifs is 1. The second-order valence-corrected chi connectivity index (χ2v) is 11.4. The van der Waals surface area contributed by atoms with Gasteiger partial charge in [0.25, 0.3) is 11.8 Å². The molecule has 5 rings (SSSR count). The summed E-state index contributed by atoms with van der Waals surface area (Å²) in [6, 6.07) is 8.39. The van der Waals surface area contributed by atoms with E-state index in [-0.39, 0.29) is 41.5 Å². The van der Waals surface area contributed by atoms with Crippen LogP contribution in [0.15, 0.2) is 41.5 Å². The van der Waals surface area contributed by atoms with Crippen LogP contribution in [-0.4, -0.2) is 95.6 Å². The van der Waals surface area contributed by atoms with Crippen LogP contribution in [0.5, 0.6) is 0 Å². The first-order valence-electron chi connectivity index (χ1n) is 14.8. The number of anilines is 1. The van der Waals surface area contributed by atoms with Crippen LogP contribution in [0.25, 0.3) is 0 Å². The van der Waals surface area contributed by atoms with Gasteiger partial charge >= 0.3 is 0 Å². The van der Waals surface area contributed by atoms with Gasteiger partial charge in [0.1, 0.15) is 11.7 Å². The van der Waals surface area contributed by atoms with Gasteiger partial charge in [-0.15, -0.1) is 0 Å². The van der Waals surface area contributed by atoms with Crippen LogP contribution in [-0.2, 0) is 22.4 Å². The molecule has 4 amide bonds. The van der Waals surface area contributed by atoms with Gasteiger partial charge in [-0.05, 0) is 86.8 Å². The summed E-state index contributed by atoms with van der Waals surface area (Å²) in [6.45, 7) is 2.04. The van der Waals surface area contributed by atoms with Gasteiger partial charge in [0, 0.05) is 45.6 Å². The number of amides is 4. The van der Waals surface area contributed by atoms with Gasteiger partial charge in [-0.25, -0.2) is 4.99 Å². The second kappa shape index (κ2) is 13.1. The Morgan fingerprint density at radius 1 is 0.976 bits per heavy atom. The third kappa shape index (κ3) is 6.95. The molecule has 0 saturated carbocycles. The molecule has 2 N–H and O–H groups in total. The fourth-order valence-corrected chi connectivity index (χ4v) is 5.69. The number of guanidine groups is 1. The Bertz CT molecular complexity index is 1370. The molecule has 1 aromatic carbocycles. The van der Waals surface area contributed by atoms with Crippen LogP contribution in [0.2, 0.25) is 0 Å². The van der Waals surface area contributed by atoms with Gasteiger partial charge in [-0.1, -0.05) is 6.07 Å². The summed E-state index contributed by atoms with van der Waals surface area (Å²) < 4.78 is 0. The van der Waals surface area contributed by atoms with E-state index in [1.807, 2.05) is 11.0 Å². The van der Waals surface area contributed by atoms with Crippen LogP contribution in [0.4, 0.5) is 5.69 Å². The number of likely N-dealkylation sites (tertiary alicyclic amines) is 2. The Balaban J connectivity index is 1.37. The zero-order chi connectivity index (χ0) is 29.6. The van der Waals surface area contributed by atoms with E-state index >= 15 is 0 Å². The maximum absolute atomic E-state index is 13.6. The number of pyridine rings is 1. The molecule has 222 valence electrons. The van der Waals surface area contributed by atoms with Crippen molar-refractivity contribution in [2.75, 3.05) is 45.6 Å². The first kappa shape index (κ1) is 29.2. The fraction of sp³-hybridized carbons (Fsp3) is 0.484. The third-order valence-electron chi connectivity index (χ3n) is 8.07. The Hall–Kier alpha value is -4.28. The lowest BCUT2D eigenvalue weighted by Gasteiger charge is -2.25. The molecule has 0 radical (unpaired) electrons. The molecule has 0 spiro atoms. The fourth-order valence-electron chi connectivity index (χ4n) is 5.69. The zero-order valence-corrected chi connectivity index (χ0v) is 24.4. The third-order valence-corrected chi connectivity index (χ3v) is 8.07. The number of nitrogens with zero attached hydrogens (tertiary/aromatic N) is 5. The summed E-state index contributed by atoms with van der Waals surface area (Å²) in [5, 5.41) is 6.06. The molecule has 1 unspecified atom stereocenters. The molecule has 42 heavy (non-hydrogen) atoms. The van der Waals surface area contributed by atoms with Crippen molar-refractivity contribution in [3.63, 3.8) is 0 Å². The molecule has 1 atom stereocenters. The number of carbonyl (C=O) groups is 4. The van der Waals surface area contributed by atoms with Crippen molar-refractivity contribution in [3.05, 3.63) is 58.9 Å². The van der Waals surface area contributed by atoms with E-state index in [4.69, 9.17) is 4.99 Å². The smallest absolute Gasteiger partial charge is 0.271 e. The van der Waals surface area contributed by atoms with Gasteiger partial charge in [0.15, 0.2) is 0 Å². The number of carbonyl (C=O) groups excluding carboxylic acids is 4. The van der Waals surface area contributed by atoms with Crippen molar-refractivity contribution in [2.24, 2.45) is 4.99 Å². The number of hydrogen-bond acceptors (Lipinski definition) is 6. The lowest BCUT2D eigenvalue weighted by molar-refractivity contribution is -0.140. The maximum Gasteiger partial charge on any atom is 0.271 e. The van der Waals surface area contributed by atoms with E-state index in [2.05, 4.69) is 27.8 Å². The standard InChI is InChI=1S/C31H39N7O4/c1-36(2)29(41)25-14-12-23(19-32-25)28(40)35-31(33-24-13-11-21-8-7-9-22(21)18-24)34-26-10-3-4-17-38(30(26)42)20-27(39)37-15-5-6-16-37/h11-14,18-19,26H,3-10,15-17,20H2,1-2H3,(H2,33,34,35,40). The van der Waals surface area contributed by atoms with Gasteiger partial charge in [0.05, 0.1) is 12.1 Å². The first-order valence-corrected chi connectivity index (χ1v) is 14.8. The number of benzene rings is 1. The molecule has 2 saturated heterocycles. The van der Waals surface area contributed by atoms with E-state index < -0.39 is 11.9 Å². The highest BCUT2D eigenvalue weighted by molar-refractivity contribution is 6.10. The van der Waals surface area contributed by atoms with Crippen LogP contribution in [0.1, 0.15) is 70.5 Å². The van der Waals surface area contributed by atoms with E-state index in [9.17, 15) is 19.2 Å². The van der Waals surface area contributed by atoms with Crippen LogP contribution >= 0.6 is 0 Å². The Morgan fingerprint density at radius 3 is 2.48 bits per heavy atom. The van der Waals surface area contributed by atoms with E-state index in [0.717, 1.165) is 63.7 Å². The highest BCUT2D eigenvalue weighted by Crippen LogP contribution is 2.25. The monoisotopic (exact) mass is 573 g/mol. The Kier molecular flexibility index (Phi) is 9.14. The van der Waals surface area contributed by atoms with Gasteiger partial charge in [0.2, 0.25) is 17.8 Å². The molecule has 3 aliphatic rings. The lowest BCUT2D eigenvalue weighted by Crippen LogP contribution is -2.45. The first-order chi connectivity index (χ1) is 20.3. The number of hydrogen-bond donors (Lipinski definition) is 2. The topological polar surface area (TPSA) is 127 Å². The van der Waals surface area contributed by atoms with Crippen molar-refractivity contribution in [2.45, 2.75) is 57.4 Å². The predicted octanol–water partition coefficient (Wildman–Crippen LogP) is 2.47. The molecule has 1 aromatic heterocycles. The molecule has 11 heteroatoms. The van der Waals surface area contributed by atoms with Crippen LogP contribution < -0.4 is 10.6 Å². The SMILES string of the molecule is CN(C)C(=O)c1ccc(C(=O)NC(=NC2CCCCN(CC(=O)N3CCCC3)C2=O)Nc2ccc3c(c2)CCC3)cn1. The maximum atomic E-state index is 13.6. The van der Waals surface area contributed by atoms with Crippen molar-refractivity contribution >= 4 is 35.3 Å². The molecule has 1 aliphatic carbocycles. The molecule has 2 aliphatic heterocycles. The normalized spacial score (nSPS) is 18.9. The average Bonchev–Trinajstić information content (AvgIpc) is 3.67. The zero-order valence-electron chi connectivity index (χ0n) is 24.4. The average molecular weight is 574 g/mol. The van der Waals surface area contributed by atoms with E-state index in [1.54, 1.807) is 19.0 Å². The minimum absolute atomic E-state index is 0.0287. The number of aryl methyl sites for hydroxylation is 2. The molecule has 2 aromatic rings. The number of rotatable bonds is 6. The summed E-state index contributed by atoms with van der Waals surface area (Å²) in [5.74, 6) is -0.824. The van der Waals surface area contributed by atoms with Gasteiger partial charge < -0.3 is 20.0 Å². The summed E-state index contributed by atoms with van der Waals surface area (Å²) >= 11 is 0. The van der Waals surface area contributed by atoms with E-state index in [1.165, 1.54) is 34.4 Å². The van der Waals surface area contributed by atoms with Crippen LogP contribution in [0.3, 0.4) is 0 Å². The largest absolute Gasteiger partial charge is 0.343 e. The quantitative estimate of drug-likeness (QED) is 0.404. The van der Waals surface area contributed by atoms with Gasteiger partial charge in [-0.3, -0.25) is 29.5 Å². The van der Waals surface area contributed by atoms with E-state index in [0.29, 0.717) is 13.0 Å². The highest BCUT2D eigenvalue weighted by Gasteiger charge is 2.30. The lowest BCUT2D eigenvalue weighted by atomic mass is 10.1. The molecule has 2 fully saturated rings. The summed E-state index contributed by atoms with van der Waals surface area (Å²) in [7, 11) is 3.27. The molecule has 3 heterocycles. The Labute approximate surface area is 246 Å². The molecule has 11 nitrogen and oxygen atoms in total. The number of nitrogens with one attached hydrogen (secondary N) is 2. The predicted molar refractivity (Wildman–Crippen MR) is 159 cm³/mol. The second-order valence-electron chi connectivity index (χ2n) is 11.4. The Morgan fingerprint density at radius 2 is 1.74 bits per heavy atom. The highest BCUT2D eigenvalue weighted by atomic mass is 16.2. The van der Waals surface area contributed by atoms with Crippen molar-refractivity contribution < 1.29 is 19.2 Å². The number of aromatic nitrogens is 1. The van der Waals surface area contributed by atoms with Crippen molar-refractivity contribution in [1.29, 1.82) is 0 Å². The van der Waals surface area contributed by atoms with Gasteiger partial charge in [-0.2, -0.15) is 0 Å². The summed E-state index contributed by atoms with van der Waals surface area (Å²) in [5.41, 5.74) is 3.82. The summed E-state index contributed by atoms with van der Waals surface area (Å²) in [4.78, 5) is 65.7. The minimum Gasteiger partial charge on any atom is -0.343 e. The minimum atomic E-state index is -0.741. The summed E-state index contributed by atoms with van der Waals surface area (Å²) in [6.07, 6.45) is 8.57. The van der Waals surface area contributed by atoms with Crippen molar-refractivity contribution in [3.8, 4) is 0 Å². The van der Waals surface area contributed by atoms with Crippen molar-refractivity contribution in [1.82, 2.24) is 25.0 Å². The molecular weight excluding hydrogens is 534 g/mol. The molecule has 0 bridgehead atoms. The van der Waals surface area contributed by atoms with Crippen LogP contribution in [0, 0.1) is 0 Å².